The van der Waals surface area contributed by atoms with Crippen LogP contribution in [0.4, 0.5) is 0 Å². The monoisotopic (exact) mass is 436 g/mol. The molecular formula is C18H22Cl2O4S2. The lowest BCUT2D eigenvalue weighted by molar-refractivity contribution is 0.593. The van der Waals surface area contributed by atoms with Crippen LogP contribution in [0.25, 0.3) is 0 Å². The van der Waals surface area contributed by atoms with Gasteiger partial charge in [-0.3, -0.25) is 0 Å². The molecule has 26 heavy (non-hydrogen) atoms. The highest BCUT2D eigenvalue weighted by molar-refractivity contribution is 8.31. The lowest BCUT2D eigenvalue weighted by Crippen LogP contribution is -2.07. The van der Waals surface area contributed by atoms with Crippen molar-refractivity contribution in [2.45, 2.75) is 49.3 Å². The van der Waals surface area contributed by atoms with E-state index in [4.69, 9.17) is 8.42 Å². The van der Waals surface area contributed by atoms with E-state index in [0.29, 0.717) is 15.7 Å². The lowest BCUT2D eigenvalue weighted by Gasteiger charge is -2.16. The molecule has 0 aliphatic carbocycles. The van der Waals surface area contributed by atoms with Crippen LogP contribution in [0, 0.1) is 0 Å². The molecule has 8 heteroatoms. The summed E-state index contributed by atoms with van der Waals surface area (Å²) in [5.41, 5.74) is 2.07. The van der Waals surface area contributed by atoms with Crippen LogP contribution in [-0.2, 0) is 18.1 Å². The number of halogens is 2. The first-order valence-electron chi connectivity index (χ1n) is 7.92. The fraction of sp³-hybridized carbons (Fsp3) is 0.333. The third-order valence-corrected chi connectivity index (χ3v) is 5.51. The summed E-state index contributed by atoms with van der Waals surface area (Å²) in [6.45, 7) is 8.29. The Morgan fingerprint density at radius 3 is 1.69 bits per heavy atom. The molecule has 0 amide bonds. The fourth-order valence-corrected chi connectivity index (χ4v) is 3.97. The zero-order valence-corrected chi connectivity index (χ0v) is 18.1. The molecule has 4 nitrogen and oxygen atoms in total. The molecule has 2 rings (SSSR count). The SMILES string of the molecule is CC(C)c1ccc(S(=O)(=O)c2ccccc2)c(C(C)C)c1.O=S(=O)(Cl)Cl. The van der Waals surface area contributed by atoms with Crippen LogP contribution < -0.4 is 0 Å². The lowest BCUT2D eigenvalue weighted by atomic mass is 9.96. The molecule has 2 aromatic rings. The number of hydrogen-bond donors (Lipinski definition) is 0. The molecule has 0 saturated heterocycles. The van der Waals surface area contributed by atoms with Crippen molar-refractivity contribution in [3.05, 3.63) is 59.7 Å². The maximum atomic E-state index is 12.8. The van der Waals surface area contributed by atoms with Gasteiger partial charge in [-0.15, -0.1) is 0 Å². The van der Waals surface area contributed by atoms with Crippen LogP contribution >= 0.6 is 21.4 Å². The van der Waals surface area contributed by atoms with E-state index in [2.05, 4.69) is 35.2 Å². The fourth-order valence-electron chi connectivity index (χ4n) is 2.35. The van der Waals surface area contributed by atoms with Crippen LogP contribution in [0.3, 0.4) is 0 Å². The molecule has 0 radical (unpaired) electrons. The van der Waals surface area contributed by atoms with E-state index >= 15 is 0 Å². The highest BCUT2D eigenvalue weighted by atomic mass is 36.0. The van der Waals surface area contributed by atoms with E-state index in [0.717, 1.165) is 5.56 Å². The van der Waals surface area contributed by atoms with Gasteiger partial charge in [0, 0.05) is 21.4 Å². The second kappa shape index (κ2) is 9.22. The molecule has 0 unspecified atom stereocenters. The maximum Gasteiger partial charge on any atom is 0.317 e. The molecule has 0 saturated carbocycles. The van der Waals surface area contributed by atoms with Gasteiger partial charge in [-0.25, -0.2) is 8.42 Å². The van der Waals surface area contributed by atoms with Crippen molar-refractivity contribution in [2.75, 3.05) is 0 Å². The third kappa shape index (κ3) is 6.91. The van der Waals surface area contributed by atoms with Crippen molar-refractivity contribution in [2.24, 2.45) is 0 Å². The van der Waals surface area contributed by atoms with E-state index in [-0.39, 0.29) is 5.92 Å². The van der Waals surface area contributed by atoms with Gasteiger partial charge in [0.05, 0.1) is 9.79 Å². The molecule has 2 aromatic carbocycles. The molecule has 0 aromatic heterocycles. The van der Waals surface area contributed by atoms with Gasteiger partial charge in [-0.2, -0.15) is 8.42 Å². The first kappa shape index (κ1) is 23.0. The summed E-state index contributed by atoms with van der Waals surface area (Å²) in [6, 6.07) is 14.3. The molecule has 0 atom stereocenters. The van der Waals surface area contributed by atoms with E-state index in [9.17, 15) is 8.42 Å². The highest BCUT2D eigenvalue weighted by Gasteiger charge is 2.22. The molecule has 0 N–H and O–H groups in total. The maximum absolute atomic E-state index is 12.8. The molecule has 144 valence electrons. The zero-order valence-electron chi connectivity index (χ0n) is 15.0. The van der Waals surface area contributed by atoms with Gasteiger partial charge in [0.2, 0.25) is 9.84 Å². The number of hydrogen-bond acceptors (Lipinski definition) is 4. The minimum absolute atomic E-state index is 0.164. The summed E-state index contributed by atoms with van der Waals surface area (Å²) in [5, 5.41) is 0. The normalized spacial score (nSPS) is 12.0. The van der Waals surface area contributed by atoms with Gasteiger partial charge in [-0.1, -0.05) is 58.0 Å². The first-order chi connectivity index (χ1) is 11.8. The number of rotatable bonds is 4. The van der Waals surface area contributed by atoms with Gasteiger partial charge in [0.1, 0.15) is 0 Å². The summed E-state index contributed by atoms with van der Waals surface area (Å²) in [7, 11) is 1.36. The molecule has 0 spiro atoms. The number of sulfone groups is 1. The Balaban J connectivity index is 0.000000597. The Kier molecular flexibility index (Phi) is 8.14. The van der Waals surface area contributed by atoms with Gasteiger partial charge < -0.3 is 0 Å². The average Bonchev–Trinajstić information content (AvgIpc) is 2.53. The van der Waals surface area contributed by atoms with Crippen molar-refractivity contribution < 1.29 is 16.8 Å². The quantitative estimate of drug-likeness (QED) is 0.595. The Bertz CT molecular complexity index is 928. The number of benzene rings is 2. The highest BCUT2D eigenvalue weighted by Crippen LogP contribution is 2.31. The summed E-state index contributed by atoms with van der Waals surface area (Å²) in [5.74, 6) is 0.549. The average molecular weight is 437 g/mol. The second-order valence-electron chi connectivity index (χ2n) is 6.30. The van der Waals surface area contributed by atoms with Crippen molar-refractivity contribution >= 4 is 39.5 Å². The van der Waals surface area contributed by atoms with E-state index < -0.39 is 18.1 Å². The summed E-state index contributed by atoms with van der Waals surface area (Å²) in [4.78, 5) is 0.775. The third-order valence-electron chi connectivity index (χ3n) is 3.67. The summed E-state index contributed by atoms with van der Waals surface area (Å²) < 4.78 is 44.0. The van der Waals surface area contributed by atoms with Crippen molar-refractivity contribution in [3.63, 3.8) is 0 Å². The zero-order chi connectivity index (χ0) is 20.1. The second-order valence-corrected chi connectivity index (χ2v) is 11.9. The molecule has 0 aliphatic heterocycles. The Morgan fingerprint density at radius 2 is 1.27 bits per heavy atom. The Hall–Kier alpha value is -1.08. The molecular weight excluding hydrogens is 415 g/mol. The Labute approximate surface area is 165 Å². The van der Waals surface area contributed by atoms with E-state index in [1.54, 1.807) is 30.3 Å². The van der Waals surface area contributed by atoms with Crippen LogP contribution in [0.5, 0.6) is 0 Å². The van der Waals surface area contributed by atoms with Crippen molar-refractivity contribution in [3.8, 4) is 0 Å². The molecule has 0 heterocycles. The van der Waals surface area contributed by atoms with Gasteiger partial charge in [-0.05, 0) is 41.2 Å². The summed E-state index contributed by atoms with van der Waals surface area (Å²) in [6.07, 6.45) is 0. The van der Waals surface area contributed by atoms with Gasteiger partial charge in [0.15, 0.2) is 0 Å². The van der Waals surface area contributed by atoms with Gasteiger partial charge >= 0.3 is 8.26 Å². The predicted molar refractivity (Wildman–Crippen MR) is 107 cm³/mol. The molecule has 0 aliphatic rings. The predicted octanol–water partition coefficient (Wildman–Crippen LogP) is 5.48. The smallest absolute Gasteiger partial charge is 0.219 e. The van der Waals surface area contributed by atoms with Crippen LogP contribution in [0.15, 0.2) is 58.3 Å². The Morgan fingerprint density at radius 1 is 0.769 bits per heavy atom. The van der Waals surface area contributed by atoms with Crippen molar-refractivity contribution in [1.82, 2.24) is 0 Å². The van der Waals surface area contributed by atoms with Crippen molar-refractivity contribution in [1.29, 1.82) is 0 Å². The standard InChI is InChI=1S/C18H22O2S.Cl2O2S/c1-13(2)15-10-11-18(17(12-15)14(3)4)21(19,20)16-8-6-5-7-9-16;1-5(2,3)4/h5-14H,1-4H3;. The minimum Gasteiger partial charge on any atom is -0.219 e. The molecule has 0 fully saturated rings. The first-order valence-corrected chi connectivity index (χ1v) is 12.5. The van der Waals surface area contributed by atoms with Crippen LogP contribution in [0.1, 0.15) is 50.7 Å². The van der Waals surface area contributed by atoms with E-state index in [1.807, 2.05) is 32.0 Å². The summed E-state index contributed by atoms with van der Waals surface area (Å²) >= 11 is 0. The largest absolute Gasteiger partial charge is 0.317 e. The van der Waals surface area contributed by atoms with Crippen LogP contribution in [-0.4, -0.2) is 16.8 Å². The molecule has 0 bridgehead atoms. The van der Waals surface area contributed by atoms with Gasteiger partial charge in [0.25, 0.3) is 0 Å². The minimum atomic E-state index is -3.72. The topological polar surface area (TPSA) is 68.3 Å². The van der Waals surface area contributed by atoms with Crippen LogP contribution in [0.2, 0.25) is 0 Å². The van der Waals surface area contributed by atoms with E-state index in [1.165, 1.54) is 5.56 Å².